The second kappa shape index (κ2) is 10.8. The summed E-state index contributed by atoms with van der Waals surface area (Å²) in [6.07, 6.45) is 0.320. The van der Waals surface area contributed by atoms with Crippen LogP contribution in [0.1, 0.15) is 21.6 Å². The largest absolute Gasteiger partial charge is 0.450 e. The van der Waals surface area contributed by atoms with Crippen molar-refractivity contribution in [2.75, 3.05) is 31.8 Å². The smallest absolute Gasteiger partial charge is 0.419 e. The number of ether oxygens (including phenoxy) is 1. The number of amides is 1. The summed E-state index contributed by atoms with van der Waals surface area (Å²) >= 11 is 6.61. The number of alkyl halides is 3. The van der Waals surface area contributed by atoms with Gasteiger partial charge in [0.15, 0.2) is 23.0 Å². The number of aromatic nitrogens is 5. The molecule has 3 aromatic heterocycles. The summed E-state index contributed by atoms with van der Waals surface area (Å²) in [7, 11) is 5.76. The van der Waals surface area contributed by atoms with Crippen LogP contribution >= 0.6 is 11.6 Å². The molecule has 0 aliphatic rings. The van der Waals surface area contributed by atoms with Gasteiger partial charge in [-0.05, 0) is 12.1 Å². The second-order valence-electron chi connectivity index (χ2n) is 8.45. The van der Waals surface area contributed by atoms with Crippen molar-refractivity contribution in [1.29, 1.82) is 0 Å². The van der Waals surface area contributed by atoms with E-state index in [-0.39, 0.29) is 39.3 Å². The molecule has 0 aliphatic heterocycles. The predicted molar refractivity (Wildman–Crippen MR) is 141 cm³/mol. The molecule has 0 bridgehead atoms. The summed E-state index contributed by atoms with van der Waals surface area (Å²) in [6.45, 7) is 0. The van der Waals surface area contributed by atoms with Gasteiger partial charge >= 0.3 is 6.18 Å². The van der Waals surface area contributed by atoms with E-state index in [2.05, 4.69) is 30.6 Å². The molecular weight excluding hydrogens is 558 g/mol. The van der Waals surface area contributed by atoms with Crippen molar-refractivity contribution in [2.45, 2.75) is 6.18 Å². The number of hydrogen-bond acceptors (Lipinski definition) is 9. The van der Waals surface area contributed by atoms with Gasteiger partial charge in [0.05, 0.1) is 17.3 Å². The molecule has 4 N–H and O–H groups in total. The van der Waals surface area contributed by atoms with Crippen LogP contribution < -0.4 is 21.1 Å². The van der Waals surface area contributed by atoms with Crippen LogP contribution in [0.25, 0.3) is 16.9 Å². The van der Waals surface area contributed by atoms with Gasteiger partial charge in [-0.3, -0.25) is 4.79 Å². The minimum absolute atomic E-state index is 0.00511. The Morgan fingerprint density at radius 2 is 1.90 bits per heavy atom. The van der Waals surface area contributed by atoms with Crippen LogP contribution in [-0.4, -0.2) is 56.5 Å². The lowest BCUT2D eigenvalue weighted by Gasteiger charge is -2.17. The van der Waals surface area contributed by atoms with E-state index in [0.717, 1.165) is 11.0 Å². The van der Waals surface area contributed by atoms with Gasteiger partial charge in [-0.25, -0.2) is 19.3 Å². The van der Waals surface area contributed by atoms with Gasteiger partial charge in [0.25, 0.3) is 5.91 Å². The maximum Gasteiger partial charge on any atom is 0.419 e. The number of halogens is 5. The van der Waals surface area contributed by atoms with Crippen molar-refractivity contribution >= 4 is 51.9 Å². The monoisotopic (exact) mass is 579 g/mol. The van der Waals surface area contributed by atoms with Crippen LogP contribution in [-0.2, 0) is 13.2 Å². The first-order valence-electron chi connectivity index (χ1n) is 11.4. The van der Waals surface area contributed by atoms with E-state index < -0.39 is 29.0 Å². The fraction of sp³-hybridized carbons (Fsp3) is 0.208. The minimum atomic E-state index is -5.06. The molecule has 4 rings (SSSR count). The highest BCUT2D eigenvalue weighted by molar-refractivity contribution is 6.36. The Morgan fingerprint density at radius 3 is 2.52 bits per heavy atom. The number of fused-ring (bicyclic) bond motifs is 1. The van der Waals surface area contributed by atoms with Crippen LogP contribution in [0.3, 0.4) is 0 Å². The molecule has 4 aromatic rings. The highest BCUT2D eigenvalue weighted by Crippen LogP contribution is 2.38. The number of hydrogen-bond donors (Lipinski definition) is 3. The van der Waals surface area contributed by atoms with Gasteiger partial charge in [0, 0.05) is 52.5 Å². The molecule has 210 valence electrons. The van der Waals surface area contributed by atoms with Gasteiger partial charge in [0.2, 0.25) is 5.95 Å². The maximum absolute atomic E-state index is 14.7. The van der Waals surface area contributed by atoms with Crippen molar-refractivity contribution in [3.05, 3.63) is 64.6 Å². The lowest BCUT2D eigenvalue weighted by Crippen LogP contribution is -2.24. The Labute approximate surface area is 229 Å². The summed E-state index contributed by atoms with van der Waals surface area (Å²) in [5.74, 6) is -2.04. The van der Waals surface area contributed by atoms with E-state index >= 15 is 0 Å². The van der Waals surface area contributed by atoms with Gasteiger partial charge in [-0.2, -0.15) is 18.2 Å². The normalized spacial score (nSPS) is 12.0. The van der Waals surface area contributed by atoms with Crippen LogP contribution in [0.5, 0.6) is 5.75 Å². The first kappa shape index (κ1) is 28.4. The quantitative estimate of drug-likeness (QED) is 0.215. The average Bonchev–Trinajstić information content (AvgIpc) is 3.23. The molecule has 0 saturated heterocycles. The number of pyridine rings is 1. The van der Waals surface area contributed by atoms with Gasteiger partial charge in [-0.1, -0.05) is 11.6 Å². The molecule has 1 amide bonds. The lowest BCUT2D eigenvalue weighted by molar-refractivity contribution is -0.140. The molecule has 1 aromatic carbocycles. The van der Waals surface area contributed by atoms with Crippen molar-refractivity contribution in [2.24, 2.45) is 12.8 Å². The van der Waals surface area contributed by atoms with Crippen LogP contribution in [0.4, 0.5) is 35.0 Å². The van der Waals surface area contributed by atoms with Crippen molar-refractivity contribution in [3.8, 4) is 5.75 Å². The highest BCUT2D eigenvalue weighted by atomic mass is 35.5. The zero-order valence-corrected chi connectivity index (χ0v) is 22.2. The maximum atomic E-state index is 14.7. The van der Waals surface area contributed by atoms with Crippen molar-refractivity contribution < 1.29 is 27.1 Å². The third kappa shape index (κ3) is 5.27. The van der Waals surface area contributed by atoms with Gasteiger partial charge < -0.3 is 30.6 Å². The zero-order valence-electron chi connectivity index (χ0n) is 21.4. The van der Waals surface area contributed by atoms with Crippen LogP contribution in [0, 0.1) is 5.82 Å². The van der Waals surface area contributed by atoms with E-state index in [0.29, 0.717) is 17.6 Å². The molecule has 16 heteroatoms. The molecule has 0 spiro atoms. The molecule has 40 heavy (non-hydrogen) atoms. The molecule has 0 unspecified atom stereocenters. The summed E-state index contributed by atoms with van der Waals surface area (Å²) < 4.78 is 62.7. The minimum Gasteiger partial charge on any atom is -0.450 e. The standard InChI is InChI=1S/C24H22ClF4N9O2/c1-31-20-18(32-5-6-33-20)14(9-30)40-15-10-34-21-19(16(15)25)38(4)23(36-21)35-11-7-12(22(39)37(2)3)17(26)13(8-11)24(27,28)29/h5-10H,30H2,1-4H3,(H,31,33)(H,34,35,36). The Kier molecular flexibility index (Phi) is 7.68. The molecular formula is C24H22ClF4N9O2. The Hall–Kier alpha value is -4.66. The molecule has 0 atom stereocenters. The van der Waals surface area contributed by atoms with E-state index in [1.54, 1.807) is 7.05 Å². The molecule has 0 fully saturated rings. The molecule has 0 aliphatic carbocycles. The molecule has 11 nitrogen and oxygen atoms in total. The number of aryl methyl sites for hydroxylation is 1. The first-order chi connectivity index (χ1) is 18.9. The number of nitrogens with one attached hydrogen (secondary N) is 2. The molecule has 3 heterocycles. The molecule has 0 saturated carbocycles. The highest BCUT2D eigenvalue weighted by Gasteiger charge is 2.37. The predicted octanol–water partition coefficient (Wildman–Crippen LogP) is 4.39. The zero-order chi connectivity index (χ0) is 29.4. The average molecular weight is 580 g/mol. The third-order valence-corrected chi connectivity index (χ3v) is 5.98. The van der Waals surface area contributed by atoms with E-state index in [1.165, 1.54) is 50.5 Å². The van der Waals surface area contributed by atoms with Crippen molar-refractivity contribution in [1.82, 2.24) is 29.4 Å². The Bertz CT molecular complexity index is 1640. The van der Waals surface area contributed by atoms with E-state index in [4.69, 9.17) is 22.1 Å². The first-order valence-corrected chi connectivity index (χ1v) is 11.7. The molecule has 0 radical (unpaired) electrons. The van der Waals surface area contributed by atoms with Crippen LogP contribution in [0.2, 0.25) is 5.02 Å². The number of carbonyl (C=O) groups excluding carboxylic acids is 1. The van der Waals surface area contributed by atoms with Crippen molar-refractivity contribution in [3.63, 3.8) is 0 Å². The number of benzene rings is 1. The summed E-state index contributed by atoms with van der Waals surface area (Å²) in [6, 6.07) is 1.51. The summed E-state index contributed by atoms with van der Waals surface area (Å²) in [5.41, 5.74) is 3.83. The third-order valence-electron chi connectivity index (χ3n) is 5.62. The SMILES string of the molecule is CNc1nccnc1C(=CN)Oc1cnc2nc(Nc3cc(C(=O)N(C)C)c(F)c(C(F)(F)F)c3)n(C)c2c1Cl. The van der Waals surface area contributed by atoms with E-state index in [9.17, 15) is 22.4 Å². The summed E-state index contributed by atoms with van der Waals surface area (Å²) in [5, 5.41) is 5.62. The van der Waals surface area contributed by atoms with Gasteiger partial charge in [0.1, 0.15) is 22.1 Å². The number of nitrogens with two attached hydrogens (primary N) is 1. The number of nitrogens with zero attached hydrogens (tertiary/aromatic N) is 6. The fourth-order valence-corrected chi connectivity index (χ4v) is 4.00. The van der Waals surface area contributed by atoms with E-state index in [1.807, 2.05) is 0 Å². The Balaban J connectivity index is 1.75. The number of carbonyl (C=O) groups is 1. The summed E-state index contributed by atoms with van der Waals surface area (Å²) in [4.78, 5) is 30.2. The topological polar surface area (TPSA) is 136 Å². The number of anilines is 3. The van der Waals surface area contributed by atoms with Crippen LogP contribution in [0.15, 0.2) is 36.9 Å². The number of rotatable bonds is 7. The fourth-order valence-electron chi connectivity index (χ4n) is 3.71. The second-order valence-corrected chi connectivity index (χ2v) is 8.83. The number of imidazole rings is 1. The van der Waals surface area contributed by atoms with Gasteiger partial charge in [-0.15, -0.1) is 0 Å². The Morgan fingerprint density at radius 1 is 1.20 bits per heavy atom. The lowest BCUT2D eigenvalue weighted by atomic mass is 10.1.